The fourth-order valence-corrected chi connectivity index (χ4v) is 15.7. The number of nitrogens with zero attached hydrogens (tertiary/aromatic N) is 16. The first-order valence-electron chi connectivity index (χ1n) is 44.6. The van der Waals surface area contributed by atoms with E-state index in [1.807, 2.05) is 149 Å². The first-order chi connectivity index (χ1) is 70.3. The van der Waals surface area contributed by atoms with Crippen molar-refractivity contribution in [3.05, 3.63) is 328 Å². The Labute approximate surface area is 829 Å². The lowest BCUT2D eigenvalue weighted by atomic mass is 9.80. The Bertz CT molecular complexity index is 6360. The number of rotatable bonds is 40. The van der Waals surface area contributed by atoms with E-state index in [4.69, 9.17) is 75.8 Å². The molecule has 0 fully saturated rings. The summed E-state index contributed by atoms with van der Waals surface area (Å²) in [4.78, 5) is 0. The van der Waals surface area contributed by atoms with Gasteiger partial charge in [0.15, 0.2) is 0 Å². The number of ether oxygens (including phenoxy) is 16. The molecule has 0 heterocycles. The van der Waals surface area contributed by atoms with E-state index in [2.05, 4.69) is 0 Å². The van der Waals surface area contributed by atoms with E-state index in [1.54, 1.807) is 72.8 Å². The van der Waals surface area contributed by atoms with Crippen LogP contribution in [0, 0.1) is 181 Å². The maximum Gasteiger partial charge on any atom is 0.127 e. The summed E-state index contributed by atoms with van der Waals surface area (Å²) >= 11 is 0. The Morgan fingerprint density at radius 1 is 0.139 bits per heavy atom. The third-order valence-corrected chi connectivity index (χ3v) is 23.0. The van der Waals surface area contributed by atoms with Gasteiger partial charge in [0.25, 0.3) is 0 Å². The van der Waals surface area contributed by atoms with Gasteiger partial charge < -0.3 is 75.8 Å². The van der Waals surface area contributed by atoms with Crippen molar-refractivity contribution in [3.63, 3.8) is 0 Å². The van der Waals surface area contributed by atoms with E-state index < -0.39 is 23.7 Å². The van der Waals surface area contributed by atoms with Gasteiger partial charge in [-0.15, -0.1) is 0 Å². The molecule has 1 aliphatic carbocycles. The average Bonchev–Trinajstić information content (AvgIpc) is 0.750. The average molecular weight is 1910 g/mol. The molecule has 0 amide bonds. The smallest absolute Gasteiger partial charge is 0.127 e. The van der Waals surface area contributed by atoms with Crippen molar-refractivity contribution in [1.29, 1.82) is 84.2 Å². The second kappa shape index (κ2) is 49.2. The molecule has 0 unspecified atom stereocenters. The summed E-state index contributed by atoms with van der Waals surface area (Å²) in [5.74, 6) is 0.293. The van der Waals surface area contributed by atoms with Crippen LogP contribution in [-0.2, 0) is 0 Å². The van der Waals surface area contributed by atoms with Crippen LogP contribution in [0.1, 0.15) is 185 Å². The number of hydrogen-bond acceptors (Lipinski definition) is 32. The van der Waals surface area contributed by atoms with E-state index in [0.29, 0.717) is 44.5 Å². The van der Waals surface area contributed by atoms with E-state index in [1.165, 1.54) is 97.1 Å². The predicted octanol–water partition coefficient (Wildman–Crippen LogP) is 18.2. The van der Waals surface area contributed by atoms with Crippen molar-refractivity contribution < 1.29 is 75.8 Å². The first kappa shape index (κ1) is 101. The van der Waals surface area contributed by atoms with Crippen molar-refractivity contribution >= 4 is 0 Å². The van der Waals surface area contributed by atoms with Crippen LogP contribution in [-0.4, -0.2) is 106 Å². The largest absolute Gasteiger partial charge is 0.490 e. The van der Waals surface area contributed by atoms with Crippen LogP contribution in [0.25, 0.3) is 0 Å². The van der Waals surface area contributed by atoms with Crippen LogP contribution in [0.4, 0.5) is 0 Å². The number of fused-ring (bicyclic) bond motifs is 8. The van der Waals surface area contributed by atoms with Gasteiger partial charge in [-0.25, -0.2) is 0 Å². The van der Waals surface area contributed by atoms with Crippen LogP contribution < -0.4 is 75.8 Å². The lowest BCUT2D eigenvalue weighted by Gasteiger charge is -2.30. The molecule has 0 aromatic heterocycles. The lowest BCUT2D eigenvalue weighted by Crippen LogP contribution is -2.18. The summed E-state index contributed by atoms with van der Waals surface area (Å²) in [6.07, 6.45) is 0. The molecule has 12 aromatic rings. The zero-order valence-corrected chi connectivity index (χ0v) is 77.8. The zero-order chi connectivity index (χ0) is 102. The van der Waals surface area contributed by atoms with Gasteiger partial charge in [0.1, 0.15) is 295 Å². The summed E-state index contributed by atoms with van der Waals surface area (Å²) in [5.41, 5.74) is 5.49. The Morgan fingerprint density at radius 2 is 0.243 bits per heavy atom. The molecule has 13 rings (SSSR count). The highest BCUT2D eigenvalue weighted by atomic mass is 16.6. The van der Waals surface area contributed by atoms with Gasteiger partial charge in [0, 0.05) is 92.4 Å². The zero-order valence-electron chi connectivity index (χ0n) is 77.8. The van der Waals surface area contributed by atoms with Crippen LogP contribution in [0.2, 0.25) is 0 Å². The Hall–Kier alpha value is -20.7. The second-order valence-electron chi connectivity index (χ2n) is 31.6. The molecule has 0 spiro atoms. The fourth-order valence-electron chi connectivity index (χ4n) is 15.7. The minimum absolute atomic E-state index is 0.0716. The van der Waals surface area contributed by atoms with Crippen LogP contribution in [0.15, 0.2) is 194 Å². The molecule has 0 atom stereocenters. The van der Waals surface area contributed by atoms with Crippen molar-refractivity contribution in [2.75, 3.05) is 106 Å². The van der Waals surface area contributed by atoms with E-state index in [9.17, 15) is 84.2 Å². The summed E-state index contributed by atoms with van der Waals surface area (Å²) in [6.45, 7) is 5.13. The van der Waals surface area contributed by atoms with Gasteiger partial charge in [-0.1, -0.05) is 27.7 Å². The molecular formula is C112H80N16O16. The van der Waals surface area contributed by atoms with E-state index in [0.717, 1.165) is 0 Å². The second-order valence-corrected chi connectivity index (χ2v) is 31.6. The van der Waals surface area contributed by atoms with Crippen molar-refractivity contribution in [1.82, 2.24) is 0 Å². The molecule has 32 nitrogen and oxygen atoms in total. The van der Waals surface area contributed by atoms with Gasteiger partial charge in [0.05, 0.1) is 89.0 Å². The SMILES string of the molecule is CC1c2cc(c(OCCOc3ccc(C#N)c(C#N)c3)cc2OCCOc2ccc(C#N)c(C#N)c2)C(C)c2cc(c(OCCOc3ccc(C#N)c(C#N)c3)cc2OCCOc2ccc(C#N)c(C#N)c2)C(C)c2cc(c(OCCOc3ccc(C#N)c(C#N)c3)cc2OCCOc2ccc(C#N)c(C#N)c2)C(C)c2cc1c(OCCOc1ccc(C#N)c(C#N)c1)cc2OCCOc1ccc(C#N)c(C#N)c1. The Balaban J connectivity index is 1.06. The fraction of sp³-hybridized carbons (Fsp3) is 0.214. The molecule has 12 aromatic carbocycles. The minimum Gasteiger partial charge on any atom is -0.490 e. The lowest BCUT2D eigenvalue weighted by molar-refractivity contribution is 0.205. The maximum absolute atomic E-state index is 10.1. The standard InChI is InChI=1S/C112H80N16O16/c1-69-97-45-99(107(139-31-23-131-91-15-7-75(55-115)83(39-91)63-123)49-105(97)137-29-21-129-89-13-5-73(53-113)81(37-89)61-121)70(2)101-47-103(111(143-35-27-135-95-19-11-79(59-119)87(43-95)67-127)51-109(101)141-33-25-133-93-17-9-77(57-117)85(41-93)65-125)72(4)104-48-102(110(142-34-26-134-94-18-10-78(58-118)86(42-94)66-126)52-112(104)144-36-28-136-96-20-12-80(60-120)88(44-96)68-128)71(3)100-46-98(69)106(138-30-22-130-90-14-6-74(54-114)82(38-90)62-122)50-108(100)140-32-24-132-92-16-8-76(56-116)84(40-92)64-124/h5-20,37-52,69-72H,21-36H2,1-4H3. The van der Waals surface area contributed by atoms with Gasteiger partial charge in [-0.2, -0.15) is 84.2 Å². The minimum atomic E-state index is -0.872. The van der Waals surface area contributed by atoms with Gasteiger partial charge in [-0.05, 0) is 170 Å². The number of nitriles is 16. The van der Waals surface area contributed by atoms with E-state index >= 15 is 0 Å². The first-order valence-corrected chi connectivity index (χ1v) is 44.6. The van der Waals surface area contributed by atoms with Gasteiger partial charge >= 0.3 is 0 Å². The molecule has 32 heteroatoms. The molecule has 1 aliphatic rings. The topological polar surface area (TPSA) is 528 Å². The molecule has 0 aliphatic heterocycles. The Morgan fingerprint density at radius 3 is 0.347 bits per heavy atom. The van der Waals surface area contributed by atoms with Crippen molar-refractivity contribution in [3.8, 4) is 189 Å². The van der Waals surface area contributed by atoms with Crippen molar-refractivity contribution in [2.45, 2.75) is 51.4 Å². The third-order valence-electron chi connectivity index (χ3n) is 23.0. The molecular weight excluding hydrogens is 1830 g/mol. The van der Waals surface area contributed by atoms with Crippen LogP contribution >= 0.6 is 0 Å². The summed E-state index contributed by atoms with van der Waals surface area (Å²) in [7, 11) is 0. The maximum atomic E-state index is 10.1. The third kappa shape index (κ3) is 24.6. The highest BCUT2D eigenvalue weighted by Gasteiger charge is 2.34. The monoisotopic (exact) mass is 1900 g/mol. The summed E-state index contributed by atoms with van der Waals surface area (Å²) < 4.78 is 106. The summed E-state index contributed by atoms with van der Waals surface area (Å²) in [5, 5.41) is 160. The quantitative estimate of drug-likeness (QED) is 0.0322. The summed E-state index contributed by atoms with van der Waals surface area (Å²) in [6, 6.07) is 82.8. The molecule has 144 heavy (non-hydrogen) atoms. The highest BCUT2D eigenvalue weighted by molar-refractivity contribution is 5.65. The predicted molar refractivity (Wildman–Crippen MR) is 511 cm³/mol. The molecule has 0 saturated heterocycles. The molecule has 0 saturated carbocycles. The molecule has 8 bridgehead atoms. The van der Waals surface area contributed by atoms with Crippen molar-refractivity contribution in [2.24, 2.45) is 0 Å². The molecule has 704 valence electrons. The van der Waals surface area contributed by atoms with Gasteiger partial charge in [-0.3, -0.25) is 0 Å². The van der Waals surface area contributed by atoms with Crippen LogP contribution in [0.5, 0.6) is 92.0 Å². The normalized spacial score (nSPS) is 12.6. The van der Waals surface area contributed by atoms with E-state index in [-0.39, 0.29) is 287 Å². The molecule has 0 N–H and O–H groups in total. The van der Waals surface area contributed by atoms with Crippen LogP contribution in [0.3, 0.4) is 0 Å². The van der Waals surface area contributed by atoms with Gasteiger partial charge in [0.2, 0.25) is 0 Å². The molecule has 0 radical (unpaired) electrons. The number of hydrogen-bond donors (Lipinski definition) is 0. The number of benzene rings is 12. The Kier molecular flexibility index (Phi) is 34.4. The highest BCUT2D eigenvalue weighted by Crippen LogP contribution is 2.52.